The zero-order valence-corrected chi connectivity index (χ0v) is 18.5. The third kappa shape index (κ3) is 5.74. The number of halogens is 5. The van der Waals surface area contributed by atoms with Crippen LogP contribution in [0.4, 0.5) is 17.6 Å². The molecule has 0 amide bonds. The molecule has 2 rings (SSSR count). The van der Waals surface area contributed by atoms with Gasteiger partial charge in [0.05, 0.1) is 17.8 Å². The van der Waals surface area contributed by atoms with Crippen molar-refractivity contribution >= 4 is 28.5 Å². The number of methoxy groups -OCH3 is 1. The van der Waals surface area contributed by atoms with Crippen LogP contribution in [0.2, 0.25) is 5.02 Å². The minimum atomic E-state index is -4.96. The van der Waals surface area contributed by atoms with Gasteiger partial charge in [0, 0.05) is 25.3 Å². The molecule has 0 saturated carbocycles. The molecule has 0 aliphatic carbocycles. The first-order valence-electron chi connectivity index (χ1n) is 8.84. The maximum Gasteiger partial charge on any atom is 0.431 e. The van der Waals surface area contributed by atoms with Gasteiger partial charge < -0.3 is 9.47 Å². The van der Waals surface area contributed by atoms with Gasteiger partial charge in [-0.15, -0.1) is 0 Å². The molecule has 1 aromatic heterocycles. The van der Waals surface area contributed by atoms with Crippen LogP contribution < -0.4 is 16.0 Å². The first kappa shape index (κ1) is 25.5. The highest BCUT2D eigenvalue weighted by atomic mass is 35.5. The Morgan fingerprint density at radius 1 is 1.25 bits per heavy atom. The summed E-state index contributed by atoms with van der Waals surface area (Å²) in [6, 6.07) is 1.81. The molecule has 13 heteroatoms. The maximum atomic E-state index is 14.5. The van der Waals surface area contributed by atoms with Crippen LogP contribution in [0.3, 0.4) is 0 Å². The molecule has 32 heavy (non-hydrogen) atoms. The van der Waals surface area contributed by atoms with Gasteiger partial charge in [0.25, 0.3) is 5.56 Å². The van der Waals surface area contributed by atoms with Gasteiger partial charge in [0.2, 0.25) is 5.12 Å². The number of benzene rings is 1. The highest BCUT2D eigenvalue weighted by Gasteiger charge is 2.35. The van der Waals surface area contributed by atoms with Crippen LogP contribution in [0.1, 0.15) is 12.6 Å². The number of ether oxygens (including phenoxy) is 2. The molecule has 0 aliphatic rings. The summed E-state index contributed by atoms with van der Waals surface area (Å²) >= 11 is 6.98. The summed E-state index contributed by atoms with van der Waals surface area (Å²) in [4.78, 5) is 36.4. The Labute approximate surface area is 188 Å². The van der Waals surface area contributed by atoms with Crippen molar-refractivity contribution in [3.63, 3.8) is 0 Å². The van der Waals surface area contributed by atoms with Crippen molar-refractivity contribution in [2.75, 3.05) is 19.5 Å². The number of carbonyl (C=O) groups excluding carboxylic acids is 1. The molecule has 7 nitrogen and oxygen atoms in total. The molecule has 0 unspecified atom stereocenters. The number of hydrogen-bond donors (Lipinski definition) is 0. The first-order valence-corrected chi connectivity index (χ1v) is 10.2. The van der Waals surface area contributed by atoms with Gasteiger partial charge in [-0.3, -0.25) is 14.2 Å². The summed E-state index contributed by atoms with van der Waals surface area (Å²) in [5.74, 6) is -0.689. The molecule has 0 radical (unpaired) electrons. The lowest BCUT2D eigenvalue weighted by Crippen LogP contribution is -2.41. The predicted octanol–water partition coefficient (Wildman–Crippen LogP) is 3.54. The van der Waals surface area contributed by atoms with Gasteiger partial charge in [-0.1, -0.05) is 30.3 Å². The van der Waals surface area contributed by atoms with Crippen LogP contribution in [0, 0.1) is 5.82 Å². The zero-order chi connectivity index (χ0) is 24.2. The minimum Gasteiger partial charge on any atom is -0.497 e. The number of aromatic nitrogens is 2. The molecule has 1 aromatic carbocycles. The van der Waals surface area contributed by atoms with Crippen LogP contribution in [0.5, 0.6) is 5.75 Å². The number of thioether (sulfide) groups is 1. The Morgan fingerprint density at radius 3 is 2.47 bits per heavy atom. The highest BCUT2D eigenvalue weighted by molar-refractivity contribution is 8.14. The Hall–Kier alpha value is -2.73. The quantitative estimate of drug-likeness (QED) is 0.331. The van der Waals surface area contributed by atoms with E-state index in [-0.39, 0.29) is 43.5 Å². The van der Waals surface area contributed by atoms with Crippen LogP contribution in [0.25, 0.3) is 5.69 Å². The predicted molar refractivity (Wildman–Crippen MR) is 111 cm³/mol. The van der Waals surface area contributed by atoms with Gasteiger partial charge in [-0.2, -0.15) is 13.2 Å². The van der Waals surface area contributed by atoms with E-state index in [1.54, 1.807) is 6.92 Å². The van der Waals surface area contributed by atoms with Crippen molar-refractivity contribution in [2.45, 2.75) is 13.1 Å². The second-order valence-corrected chi connectivity index (χ2v) is 7.81. The lowest BCUT2D eigenvalue weighted by molar-refractivity contribution is -0.144. The maximum absolute atomic E-state index is 14.5. The van der Waals surface area contributed by atoms with Crippen molar-refractivity contribution in [2.24, 2.45) is 7.05 Å². The van der Waals surface area contributed by atoms with Gasteiger partial charge in [-0.25, -0.2) is 13.8 Å². The fourth-order valence-electron chi connectivity index (χ4n) is 2.54. The number of rotatable bonds is 7. The summed E-state index contributed by atoms with van der Waals surface area (Å²) in [6.07, 6.45) is -3.78. The highest BCUT2D eigenvalue weighted by Crippen LogP contribution is 2.30. The number of hydrogen-bond acceptors (Lipinski definition) is 6. The van der Waals surface area contributed by atoms with Crippen molar-refractivity contribution in [3.8, 4) is 11.4 Å². The molecule has 0 spiro atoms. The fourth-order valence-corrected chi connectivity index (χ4v) is 3.25. The van der Waals surface area contributed by atoms with Gasteiger partial charge >= 0.3 is 11.9 Å². The smallest absolute Gasteiger partial charge is 0.431 e. The Morgan fingerprint density at radius 2 is 1.91 bits per heavy atom. The van der Waals surface area contributed by atoms with E-state index in [4.69, 9.17) is 21.1 Å². The lowest BCUT2D eigenvalue weighted by atomic mass is 10.2. The van der Waals surface area contributed by atoms with E-state index >= 15 is 0 Å². The molecule has 0 atom stereocenters. The monoisotopic (exact) mass is 496 g/mol. The van der Waals surface area contributed by atoms with Crippen molar-refractivity contribution in [1.82, 2.24) is 9.13 Å². The summed E-state index contributed by atoms with van der Waals surface area (Å²) in [5, 5.41) is -0.536. The second-order valence-electron chi connectivity index (χ2n) is 6.13. The molecule has 0 fully saturated rings. The van der Waals surface area contributed by atoms with E-state index in [2.05, 4.69) is 0 Å². The standard InChI is InChI=1S/C19H17ClF4N2O5S/c1-4-32-17(28)5-10(30-3)9-31-14-7-13(12(21)6-11(14)20)26-16(27)8-15(19(22,23)24)25(2)18(26)29/h5-8H,4,9H2,1-3H3/b10-5+. The van der Waals surface area contributed by atoms with Crippen LogP contribution >= 0.6 is 23.4 Å². The Balaban J connectivity index is 2.50. The summed E-state index contributed by atoms with van der Waals surface area (Å²) in [5.41, 5.74) is -4.97. The van der Waals surface area contributed by atoms with E-state index in [0.29, 0.717) is 5.75 Å². The van der Waals surface area contributed by atoms with Crippen LogP contribution in [-0.2, 0) is 22.8 Å². The molecular weight excluding hydrogens is 480 g/mol. The van der Waals surface area contributed by atoms with E-state index < -0.39 is 34.6 Å². The van der Waals surface area contributed by atoms with Gasteiger partial charge in [-0.05, 0) is 11.8 Å². The number of carbonyl (C=O) groups is 1. The molecule has 0 bridgehead atoms. The van der Waals surface area contributed by atoms with Crippen molar-refractivity contribution in [1.29, 1.82) is 0 Å². The summed E-state index contributed by atoms with van der Waals surface area (Å²) in [7, 11) is 2.09. The molecule has 0 saturated heterocycles. The second kappa shape index (κ2) is 10.3. The average Bonchev–Trinajstić information content (AvgIpc) is 2.69. The topological polar surface area (TPSA) is 79.5 Å². The normalized spacial score (nSPS) is 12.1. The molecule has 174 valence electrons. The van der Waals surface area contributed by atoms with E-state index in [0.717, 1.165) is 30.9 Å². The Kier molecular flexibility index (Phi) is 8.18. The van der Waals surface area contributed by atoms with Gasteiger partial charge in [0.1, 0.15) is 29.6 Å². The zero-order valence-electron chi connectivity index (χ0n) is 17.0. The molecule has 1 heterocycles. The van der Waals surface area contributed by atoms with Crippen molar-refractivity contribution < 1.29 is 31.8 Å². The first-order chi connectivity index (χ1) is 14.9. The largest absolute Gasteiger partial charge is 0.497 e. The molecule has 0 N–H and O–H groups in total. The molecule has 2 aromatic rings. The molecular formula is C19H17ClF4N2O5S. The Bertz CT molecular complexity index is 1170. The van der Waals surface area contributed by atoms with E-state index in [9.17, 15) is 31.9 Å². The summed E-state index contributed by atoms with van der Waals surface area (Å²) < 4.78 is 64.4. The van der Waals surface area contributed by atoms with E-state index in [1.165, 1.54) is 13.2 Å². The van der Waals surface area contributed by atoms with Crippen LogP contribution in [-0.4, -0.2) is 33.7 Å². The van der Waals surface area contributed by atoms with E-state index in [1.807, 2.05) is 0 Å². The van der Waals surface area contributed by atoms with Gasteiger partial charge in [0.15, 0.2) is 0 Å². The SMILES string of the molecule is CCSC(=O)/C=C(\COc1cc(-n2c(=O)cc(C(F)(F)F)n(C)c2=O)c(F)cc1Cl)OC. The van der Waals surface area contributed by atoms with Crippen molar-refractivity contribution in [3.05, 3.63) is 67.4 Å². The molecule has 0 aliphatic heterocycles. The van der Waals surface area contributed by atoms with Crippen LogP contribution in [0.15, 0.2) is 39.6 Å². The number of nitrogens with zero attached hydrogens (tertiary/aromatic N) is 2. The third-order valence-electron chi connectivity index (χ3n) is 4.05. The average molecular weight is 497 g/mol. The third-order valence-corrected chi connectivity index (χ3v) is 5.04. The fraction of sp³-hybridized carbons (Fsp3) is 0.316. The lowest BCUT2D eigenvalue weighted by Gasteiger charge is -2.16. The number of alkyl halides is 3. The minimum absolute atomic E-state index is 0.112. The summed E-state index contributed by atoms with van der Waals surface area (Å²) in [6.45, 7) is 1.48.